The minimum absolute atomic E-state index is 0. The molecule has 0 aliphatic rings. The van der Waals surface area contributed by atoms with Crippen LogP contribution in [0.25, 0.3) is 0 Å². The average molecular weight is 399 g/mol. The van der Waals surface area contributed by atoms with Gasteiger partial charge in [0.25, 0.3) is 0 Å². The first kappa shape index (κ1) is 20.3. The van der Waals surface area contributed by atoms with E-state index in [4.69, 9.17) is 0 Å². The molecule has 2 rings (SSSR count). The second kappa shape index (κ2) is 8.69. The Morgan fingerprint density at radius 2 is 0.957 bits per heavy atom. The molecular formula is C12H4O10Zr. The molecule has 2 aromatic rings. The van der Waals surface area contributed by atoms with Crippen molar-refractivity contribution in [2.75, 3.05) is 0 Å². The van der Waals surface area contributed by atoms with Gasteiger partial charge in [-0.1, -0.05) is 0 Å². The molecule has 0 saturated heterocycles. The summed E-state index contributed by atoms with van der Waals surface area (Å²) in [5.74, 6) is -7.98. The summed E-state index contributed by atoms with van der Waals surface area (Å²) < 4.78 is 8.61. The van der Waals surface area contributed by atoms with Crippen LogP contribution in [0.2, 0.25) is 0 Å². The minimum Gasteiger partial charge on any atom is -0.545 e. The molecule has 0 radical (unpaired) electrons. The Morgan fingerprint density at radius 1 is 0.652 bits per heavy atom. The van der Waals surface area contributed by atoms with Gasteiger partial charge in [-0.15, -0.1) is 0 Å². The van der Waals surface area contributed by atoms with Crippen LogP contribution < -0.4 is 20.4 Å². The molecule has 0 atom stereocenters. The molecule has 10 nitrogen and oxygen atoms in total. The van der Waals surface area contributed by atoms with E-state index in [2.05, 4.69) is 8.83 Å². The van der Waals surface area contributed by atoms with Gasteiger partial charge in [0, 0.05) is 11.1 Å². The summed E-state index contributed by atoms with van der Waals surface area (Å²) in [4.78, 5) is 40.4. The van der Waals surface area contributed by atoms with Crippen LogP contribution in [0, 0.1) is 0 Å². The second-order valence-electron chi connectivity index (χ2n) is 3.48. The zero-order chi connectivity index (χ0) is 16.9. The van der Waals surface area contributed by atoms with Crippen LogP contribution in [0.15, 0.2) is 33.5 Å². The first-order valence-corrected chi connectivity index (χ1v) is 5.26. The fourth-order valence-corrected chi connectivity index (χ4v) is 1.26. The summed E-state index contributed by atoms with van der Waals surface area (Å²) >= 11 is 0. The largest absolute Gasteiger partial charge is 4.00 e. The van der Waals surface area contributed by atoms with Gasteiger partial charge >= 0.3 is 26.2 Å². The number of carboxylic acids is 4. The third kappa shape index (κ3) is 5.22. The Labute approximate surface area is 146 Å². The monoisotopic (exact) mass is 398 g/mol. The molecule has 0 aliphatic heterocycles. The van der Waals surface area contributed by atoms with E-state index in [-0.39, 0.29) is 26.2 Å². The maximum Gasteiger partial charge on any atom is 4.00 e. The van der Waals surface area contributed by atoms with Gasteiger partial charge in [0.15, 0.2) is 11.5 Å². The standard InChI is InChI=1S/2C6H4O5.Zr/c2*7-5(8)3-1-2-11-4(3)6(9)10;/h2*1-2H,(H,7,8)(H,9,10);/q;;+4/p-4. The van der Waals surface area contributed by atoms with E-state index in [1.807, 2.05) is 0 Å². The third-order valence-corrected chi connectivity index (χ3v) is 2.14. The van der Waals surface area contributed by atoms with Gasteiger partial charge in [-0.25, -0.2) is 0 Å². The van der Waals surface area contributed by atoms with Crippen LogP contribution >= 0.6 is 0 Å². The van der Waals surface area contributed by atoms with Crippen molar-refractivity contribution in [2.45, 2.75) is 0 Å². The van der Waals surface area contributed by atoms with Gasteiger partial charge in [0.1, 0.15) is 11.9 Å². The van der Waals surface area contributed by atoms with Crippen LogP contribution in [0.1, 0.15) is 41.8 Å². The van der Waals surface area contributed by atoms with Crippen LogP contribution in [-0.2, 0) is 26.2 Å². The molecule has 0 N–H and O–H groups in total. The number of carbonyl (C=O) groups is 4. The number of aromatic carboxylic acids is 4. The van der Waals surface area contributed by atoms with Crippen LogP contribution in [0.4, 0.5) is 0 Å². The molecule has 0 aromatic carbocycles. The summed E-state index contributed by atoms with van der Waals surface area (Å²) in [7, 11) is 0. The molecule has 0 saturated carbocycles. The van der Waals surface area contributed by atoms with Crippen molar-refractivity contribution in [2.24, 2.45) is 0 Å². The smallest absolute Gasteiger partial charge is 0.545 e. The molecule has 0 amide bonds. The Morgan fingerprint density at radius 3 is 1.13 bits per heavy atom. The van der Waals surface area contributed by atoms with Crippen molar-refractivity contribution in [3.8, 4) is 0 Å². The molecule has 116 valence electrons. The third-order valence-electron chi connectivity index (χ3n) is 2.14. The molecule has 0 fully saturated rings. The summed E-state index contributed by atoms with van der Waals surface area (Å²) in [5.41, 5.74) is -1.02. The Balaban J connectivity index is 0.000000403. The quantitative estimate of drug-likeness (QED) is 0.490. The van der Waals surface area contributed by atoms with E-state index in [9.17, 15) is 39.6 Å². The molecule has 0 aliphatic carbocycles. The zero-order valence-corrected chi connectivity index (χ0v) is 13.3. The predicted molar refractivity (Wildman–Crippen MR) is 54.7 cm³/mol. The van der Waals surface area contributed by atoms with Gasteiger partial charge in [0.05, 0.1) is 24.5 Å². The Kier molecular flexibility index (Phi) is 7.68. The van der Waals surface area contributed by atoms with Crippen LogP contribution in [0.5, 0.6) is 0 Å². The predicted octanol–water partition coefficient (Wildman–Crippen LogP) is -3.99. The van der Waals surface area contributed by atoms with Gasteiger partial charge in [-0.2, -0.15) is 0 Å². The van der Waals surface area contributed by atoms with E-state index < -0.39 is 46.5 Å². The minimum atomic E-state index is -1.67. The van der Waals surface area contributed by atoms with Gasteiger partial charge in [-0.05, 0) is 12.1 Å². The van der Waals surface area contributed by atoms with Crippen molar-refractivity contribution in [3.05, 3.63) is 47.3 Å². The maximum atomic E-state index is 10.1. The van der Waals surface area contributed by atoms with E-state index in [0.717, 1.165) is 24.7 Å². The molecule has 2 heterocycles. The molecule has 23 heavy (non-hydrogen) atoms. The van der Waals surface area contributed by atoms with Crippen molar-refractivity contribution < 1.29 is 74.6 Å². The van der Waals surface area contributed by atoms with Crippen molar-refractivity contribution >= 4 is 23.9 Å². The SMILES string of the molecule is O=C([O-])c1ccoc1C(=O)[O-].O=C([O-])c1ccoc1C(=O)[O-].[Zr+4]. The van der Waals surface area contributed by atoms with Gasteiger partial charge in [-0.3, -0.25) is 0 Å². The summed E-state index contributed by atoms with van der Waals surface area (Å²) in [6.45, 7) is 0. The molecule has 2 aromatic heterocycles. The van der Waals surface area contributed by atoms with Crippen LogP contribution in [-0.4, -0.2) is 23.9 Å². The molecule has 0 bridgehead atoms. The van der Waals surface area contributed by atoms with E-state index in [0.29, 0.717) is 0 Å². The molecular weight excluding hydrogens is 395 g/mol. The van der Waals surface area contributed by atoms with Crippen molar-refractivity contribution in [1.29, 1.82) is 0 Å². The number of rotatable bonds is 4. The topological polar surface area (TPSA) is 187 Å². The molecule has 11 heteroatoms. The maximum absolute atomic E-state index is 10.1. The second-order valence-corrected chi connectivity index (χ2v) is 3.48. The fraction of sp³-hybridized carbons (Fsp3) is 0. The molecule has 0 spiro atoms. The summed E-state index contributed by atoms with van der Waals surface area (Å²) in [5, 5.41) is 40.4. The number of hydrogen-bond donors (Lipinski definition) is 0. The zero-order valence-electron chi connectivity index (χ0n) is 10.9. The number of furan rings is 2. The van der Waals surface area contributed by atoms with E-state index in [1.54, 1.807) is 0 Å². The van der Waals surface area contributed by atoms with Gasteiger partial charge in [0.2, 0.25) is 0 Å². The van der Waals surface area contributed by atoms with Crippen molar-refractivity contribution in [1.82, 2.24) is 0 Å². The normalized spacial score (nSPS) is 9.04. The first-order chi connectivity index (χ1) is 10.3. The Bertz CT molecular complexity index is 607. The van der Waals surface area contributed by atoms with Crippen molar-refractivity contribution in [3.63, 3.8) is 0 Å². The molecule has 0 unspecified atom stereocenters. The van der Waals surface area contributed by atoms with E-state index in [1.165, 1.54) is 0 Å². The van der Waals surface area contributed by atoms with E-state index >= 15 is 0 Å². The number of hydrogen-bond acceptors (Lipinski definition) is 10. The summed E-state index contributed by atoms with van der Waals surface area (Å²) in [6, 6.07) is 1.97. The average Bonchev–Trinajstić information content (AvgIpc) is 3.08. The number of carbonyl (C=O) groups excluding carboxylic acids is 4. The summed E-state index contributed by atoms with van der Waals surface area (Å²) in [6.07, 6.45) is 1.88. The fourth-order valence-electron chi connectivity index (χ4n) is 1.26. The Hall–Kier alpha value is -2.68. The first-order valence-electron chi connectivity index (χ1n) is 5.26. The van der Waals surface area contributed by atoms with Crippen LogP contribution in [0.3, 0.4) is 0 Å². The number of carboxylic acid groups (broad SMARTS) is 4. The van der Waals surface area contributed by atoms with Gasteiger partial charge < -0.3 is 48.4 Å².